The lowest BCUT2D eigenvalue weighted by Gasteiger charge is -2.28. The zero-order valence-corrected chi connectivity index (χ0v) is 27.0. The molecule has 0 bridgehead atoms. The molecule has 2 N–H and O–H groups in total. The number of hydrogen-bond donors (Lipinski definition) is 2. The second-order valence-corrected chi connectivity index (χ2v) is 14.1. The van der Waals surface area contributed by atoms with Crippen molar-refractivity contribution < 1.29 is 14.6 Å². The van der Waals surface area contributed by atoms with Crippen molar-refractivity contribution in [2.75, 3.05) is 6.66 Å². The fraction of sp³-hybridized carbons (Fsp3) is 0.818. The van der Waals surface area contributed by atoms with Crippen LogP contribution in [0.5, 0.6) is 5.75 Å². The molecule has 218 valence electrons. The van der Waals surface area contributed by atoms with Crippen LogP contribution in [0.1, 0.15) is 168 Å². The first-order chi connectivity index (χ1) is 17.3. The first-order valence-electron chi connectivity index (χ1n) is 15.4. The van der Waals surface area contributed by atoms with E-state index in [1.807, 2.05) is 0 Å². The largest absolute Gasteiger partial charge is 0.507 e. The molecule has 0 aliphatic carbocycles. The lowest BCUT2D eigenvalue weighted by Crippen LogP contribution is -2.18. The molecule has 3 nitrogen and oxygen atoms in total. The molecular weight excluding hydrogens is 475 g/mol. The predicted molar refractivity (Wildman–Crippen MR) is 166 cm³/mol. The highest BCUT2D eigenvalue weighted by Gasteiger charge is 2.26. The van der Waals surface area contributed by atoms with E-state index in [0.29, 0.717) is 5.75 Å². The molecule has 4 heteroatoms. The normalized spacial score (nSPS) is 12.8. The molecule has 0 aromatic heterocycles. The second kappa shape index (κ2) is 20.2. The van der Waals surface area contributed by atoms with Crippen molar-refractivity contribution in [2.24, 2.45) is 0 Å². The van der Waals surface area contributed by atoms with E-state index < -0.39 is 8.03 Å². The van der Waals surface area contributed by atoms with Crippen LogP contribution in [0.4, 0.5) is 0 Å². The van der Waals surface area contributed by atoms with Crippen LogP contribution in [0.2, 0.25) is 0 Å². The van der Waals surface area contributed by atoms with Gasteiger partial charge in [0.2, 0.25) is 0 Å². The van der Waals surface area contributed by atoms with Crippen molar-refractivity contribution >= 4 is 8.03 Å². The first kappa shape index (κ1) is 36.2. The Morgan fingerprint density at radius 3 is 1.16 bits per heavy atom. The van der Waals surface area contributed by atoms with Gasteiger partial charge >= 0.3 is 0 Å². The van der Waals surface area contributed by atoms with E-state index in [0.717, 1.165) is 17.5 Å². The summed E-state index contributed by atoms with van der Waals surface area (Å²) in [6, 6.07) is 4.52. The molecule has 0 saturated heterocycles. The van der Waals surface area contributed by atoms with Crippen molar-refractivity contribution in [2.45, 2.75) is 168 Å². The summed E-state index contributed by atoms with van der Waals surface area (Å²) in [5, 5.41) is 10.9. The van der Waals surface area contributed by atoms with E-state index in [4.69, 9.17) is 4.89 Å². The van der Waals surface area contributed by atoms with Crippen molar-refractivity contribution in [3.05, 3.63) is 28.8 Å². The Hall–Kier alpha value is -0.790. The van der Waals surface area contributed by atoms with Gasteiger partial charge in [-0.15, -0.1) is 0 Å². The fourth-order valence-corrected chi connectivity index (χ4v) is 4.86. The van der Waals surface area contributed by atoms with E-state index in [2.05, 4.69) is 60.6 Å². The van der Waals surface area contributed by atoms with Crippen LogP contribution in [-0.2, 0) is 21.8 Å². The Morgan fingerprint density at radius 1 is 0.622 bits per heavy atom. The molecule has 0 spiro atoms. The summed E-state index contributed by atoms with van der Waals surface area (Å²) >= 11 is 0. The van der Waals surface area contributed by atoms with Gasteiger partial charge in [0.1, 0.15) is 5.75 Å². The standard InChI is InChI=1S/C32H58O.CH5O2P/c1-8-9-10-11-12-13-14-15-16-17-18-19-20-21-22-23-24-27-25-28(31(2,3)4)30(33)29(26-27)32(5,6)7;1-4(2)3/h25-26,33H,8-24H2,1-7H3;4H,1H3,(H,2,3). The van der Waals surface area contributed by atoms with Gasteiger partial charge in [-0.1, -0.05) is 157 Å². The van der Waals surface area contributed by atoms with Gasteiger partial charge in [0.05, 0.1) is 0 Å². The Morgan fingerprint density at radius 2 is 0.892 bits per heavy atom. The Balaban J connectivity index is 0.00000300. The monoisotopic (exact) mass is 538 g/mol. The number of unbranched alkanes of at least 4 members (excludes halogenated alkanes) is 15. The molecular formula is C33H63O3P. The number of hydrogen-bond acceptors (Lipinski definition) is 2. The summed E-state index contributed by atoms with van der Waals surface area (Å²) in [4.78, 5) is 7.60. The summed E-state index contributed by atoms with van der Waals surface area (Å²) in [6.45, 7) is 16.8. The topological polar surface area (TPSA) is 57.5 Å². The van der Waals surface area contributed by atoms with Crippen LogP contribution < -0.4 is 0 Å². The van der Waals surface area contributed by atoms with Crippen molar-refractivity contribution in [1.82, 2.24) is 0 Å². The van der Waals surface area contributed by atoms with Gasteiger partial charge < -0.3 is 10.00 Å². The first-order valence-corrected chi connectivity index (χ1v) is 17.2. The average Bonchev–Trinajstić information content (AvgIpc) is 2.77. The molecule has 1 rings (SSSR count). The summed E-state index contributed by atoms with van der Waals surface area (Å²) < 4.78 is 9.19. The Bertz CT molecular complexity index is 689. The van der Waals surface area contributed by atoms with Crippen LogP contribution >= 0.6 is 8.03 Å². The highest BCUT2D eigenvalue weighted by atomic mass is 31.1. The summed E-state index contributed by atoms with van der Waals surface area (Å²) in [6.07, 6.45) is 23.7. The summed E-state index contributed by atoms with van der Waals surface area (Å²) in [5.74, 6) is 0.505. The lowest BCUT2D eigenvalue weighted by atomic mass is 9.78. The van der Waals surface area contributed by atoms with E-state index >= 15 is 0 Å². The van der Waals surface area contributed by atoms with Crippen LogP contribution in [0, 0.1) is 0 Å². The molecule has 1 aromatic rings. The maximum absolute atomic E-state index is 10.9. The van der Waals surface area contributed by atoms with Crippen LogP contribution in [0.15, 0.2) is 12.1 Å². The van der Waals surface area contributed by atoms with Crippen LogP contribution in [0.25, 0.3) is 0 Å². The number of benzene rings is 1. The molecule has 0 saturated carbocycles. The molecule has 0 aliphatic heterocycles. The van der Waals surface area contributed by atoms with E-state index in [-0.39, 0.29) is 10.8 Å². The second-order valence-electron chi connectivity index (χ2n) is 13.1. The number of phenolic OH excluding ortho intramolecular Hbond substituents is 1. The van der Waals surface area contributed by atoms with Crippen molar-refractivity contribution in [1.29, 1.82) is 0 Å². The predicted octanol–water partition coefficient (Wildman–Crippen LogP) is 10.9. The quantitative estimate of drug-likeness (QED) is 0.153. The lowest BCUT2D eigenvalue weighted by molar-refractivity contribution is 0.422. The third-order valence-electron chi connectivity index (χ3n) is 7.10. The smallest absolute Gasteiger partial charge is 0.186 e. The minimum Gasteiger partial charge on any atom is -0.507 e. The third kappa shape index (κ3) is 19.0. The molecule has 1 aromatic carbocycles. The van der Waals surface area contributed by atoms with Gasteiger partial charge in [-0.2, -0.15) is 0 Å². The number of aryl methyl sites for hydroxylation is 1. The van der Waals surface area contributed by atoms with Gasteiger partial charge in [-0.05, 0) is 40.4 Å². The van der Waals surface area contributed by atoms with Gasteiger partial charge in [0, 0.05) is 6.66 Å². The zero-order chi connectivity index (χ0) is 28.3. The number of rotatable bonds is 17. The Labute approximate surface area is 232 Å². The van der Waals surface area contributed by atoms with Gasteiger partial charge in [-0.25, -0.2) is 0 Å². The molecule has 0 heterocycles. The summed E-state index contributed by atoms with van der Waals surface area (Å²) in [5.41, 5.74) is 3.53. The zero-order valence-electron chi connectivity index (χ0n) is 26.0. The fourth-order valence-electron chi connectivity index (χ4n) is 4.86. The van der Waals surface area contributed by atoms with E-state index in [9.17, 15) is 9.67 Å². The molecule has 0 radical (unpaired) electrons. The Kier molecular flexibility index (Phi) is 19.7. The van der Waals surface area contributed by atoms with E-state index in [1.54, 1.807) is 0 Å². The minimum atomic E-state index is -2.13. The summed E-state index contributed by atoms with van der Waals surface area (Å²) in [7, 11) is -2.13. The average molecular weight is 539 g/mol. The minimum absolute atomic E-state index is 0.0330. The number of aromatic hydroxyl groups is 1. The highest BCUT2D eigenvalue weighted by Crippen LogP contribution is 2.40. The van der Waals surface area contributed by atoms with Crippen LogP contribution in [-0.4, -0.2) is 16.7 Å². The van der Waals surface area contributed by atoms with Gasteiger partial charge in [0.15, 0.2) is 8.03 Å². The van der Waals surface area contributed by atoms with Gasteiger partial charge in [0.25, 0.3) is 0 Å². The van der Waals surface area contributed by atoms with E-state index in [1.165, 1.54) is 115 Å². The maximum atomic E-state index is 10.9. The van der Waals surface area contributed by atoms with Crippen LogP contribution in [0.3, 0.4) is 0 Å². The SMILES string of the molecule is CCCCCCCCCCCCCCCCCCc1cc(C(C)(C)C)c(O)c(C(C)(C)C)c1.C[PH](=O)O. The maximum Gasteiger partial charge on any atom is 0.186 e. The van der Waals surface area contributed by atoms with Crippen molar-refractivity contribution in [3.63, 3.8) is 0 Å². The number of phenols is 1. The molecule has 0 fully saturated rings. The highest BCUT2D eigenvalue weighted by molar-refractivity contribution is 7.36. The molecule has 1 unspecified atom stereocenters. The van der Waals surface area contributed by atoms with Gasteiger partial charge in [-0.3, -0.25) is 4.57 Å². The molecule has 1 atom stereocenters. The van der Waals surface area contributed by atoms with Crippen molar-refractivity contribution in [3.8, 4) is 5.75 Å². The molecule has 0 aliphatic rings. The molecule has 0 amide bonds. The third-order valence-corrected chi connectivity index (χ3v) is 7.10. The molecule has 37 heavy (non-hydrogen) atoms.